The first-order valence-electron chi connectivity index (χ1n) is 9.84. The highest BCUT2D eigenvalue weighted by molar-refractivity contribution is 6.04. The highest BCUT2D eigenvalue weighted by atomic mass is 16.3. The molecule has 2 N–H and O–H groups in total. The Bertz CT molecular complexity index is 908. The van der Waals surface area contributed by atoms with Crippen LogP contribution in [0.3, 0.4) is 0 Å². The molecular formula is C23H26N2O3. The molecule has 5 heteroatoms. The van der Waals surface area contributed by atoms with Crippen LogP contribution >= 0.6 is 0 Å². The lowest BCUT2D eigenvalue weighted by Gasteiger charge is -2.30. The minimum absolute atomic E-state index is 0.0354. The molecule has 28 heavy (non-hydrogen) atoms. The Balaban J connectivity index is 1.89. The molecule has 0 bridgehead atoms. The van der Waals surface area contributed by atoms with Crippen molar-refractivity contribution in [2.24, 2.45) is 0 Å². The number of ketones is 1. The molecule has 0 aliphatic carbocycles. The summed E-state index contributed by atoms with van der Waals surface area (Å²) in [6.45, 7) is 1.71. The van der Waals surface area contributed by atoms with E-state index in [1.54, 1.807) is 6.08 Å². The Morgan fingerprint density at radius 2 is 2.00 bits per heavy atom. The highest BCUT2D eigenvalue weighted by Crippen LogP contribution is 2.30. The molecule has 1 fully saturated rings. The molecule has 0 aromatic heterocycles. The van der Waals surface area contributed by atoms with E-state index < -0.39 is 6.10 Å². The number of piperidine rings is 1. The largest absolute Gasteiger partial charge is 0.394 e. The molecule has 3 rings (SSSR count). The van der Waals surface area contributed by atoms with E-state index in [2.05, 4.69) is 23.1 Å². The van der Waals surface area contributed by atoms with Crippen molar-refractivity contribution >= 4 is 28.3 Å². The van der Waals surface area contributed by atoms with Gasteiger partial charge in [-0.05, 0) is 54.8 Å². The van der Waals surface area contributed by atoms with E-state index in [1.807, 2.05) is 24.3 Å². The van der Waals surface area contributed by atoms with Crippen molar-refractivity contribution in [3.05, 3.63) is 47.5 Å². The standard InChI is InChI=1S/C23H26N2O3/c24-15-19(23(28)10-9-20(27)16-26)13-17-7-8-18-5-4-6-22(21(18)14-17)25-11-2-1-3-12-25/h4-8,13-14,20,26-27H,1-3,9-12,16H2/b19-13+. The van der Waals surface area contributed by atoms with Crippen molar-refractivity contribution in [3.8, 4) is 6.07 Å². The van der Waals surface area contributed by atoms with Crippen LogP contribution in [0.1, 0.15) is 37.7 Å². The van der Waals surface area contributed by atoms with Crippen molar-refractivity contribution in [2.75, 3.05) is 24.6 Å². The molecule has 2 aromatic carbocycles. The lowest BCUT2D eigenvalue weighted by atomic mass is 9.99. The van der Waals surface area contributed by atoms with Crippen LogP contribution in [0, 0.1) is 11.3 Å². The molecular weight excluding hydrogens is 352 g/mol. The number of nitriles is 1. The van der Waals surface area contributed by atoms with Crippen molar-refractivity contribution in [1.82, 2.24) is 0 Å². The van der Waals surface area contributed by atoms with E-state index in [9.17, 15) is 15.2 Å². The molecule has 1 unspecified atom stereocenters. The number of hydrogen-bond donors (Lipinski definition) is 2. The Labute approximate surface area is 165 Å². The zero-order valence-electron chi connectivity index (χ0n) is 16.0. The second-order valence-electron chi connectivity index (χ2n) is 7.27. The van der Waals surface area contributed by atoms with Gasteiger partial charge in [0.2, 0.25) is 0 Å². The van der Waals surface area contributed by atoms with E-state index >= 15 is 0 Å². The Morgan fingerprint density at radius 1 is 1.21 bits per heavy atom. The van der Waals surface area contributed by atoms with Gasteiger partial charge in [-0.1, -0.05) is 24.3 Å². The fourth-order valence-corrected chi connectivity index (χ4v) is 3.64. The van der Waals surface area contributed by atoms with Gasteiger partial charge in [-0.25, -0.2) is 0 Å². The third kappa shape index (κ3) is 4.78. The summed E-state index contributed by atoms with van der Waals surface area (Å²) in [5.41, 5.74) is 2.08. The van der Waals surface area contributed by atoms with Crippen LogP contribution in [0.2, 0.25) is 0 Å². The van der Waals surface area contributed by atoms with Crippen molar-refractivity contribution in [3.63, 3.8) is 0 Å². The molecule has 0 radical (unpaired) electrons. The Morgan fingerprint density at radius 3 is 2.71 bits per heavy atom. The number of carbonyl (C=O) groups is 1. The van der Waals surface area contributed by atoms with Gasteiger partial charge < -0.3 is 15.1 Å². The van der Waals surface area contributed by atoms with Crippen LogP contribution in [-0.4, -0.2) is 41.8 Å². The lowest BCUT2D eigenvalue weighted by Crippen LogP contribution is -2.29. The predicted molar refractivity (Wildman–Crippen MR) is 111 cm³/mol. The van der Waals surface area contributed by atoms with Crippen LogP contribution in [-0.2, 0) is 4.79 Å². The molecule has 1 saturated heterocycles. The van der Waals surface area contributed by atoms with Gasteiger partial charge in [-0.3, -0.25) is 4.79 Å². The van der Waals surface area contributed by atoms with Crippen molar-refractivity contribution in [2.45, 2.75) is 38.2 Å². The smallest absolute Gasteiger partial charge is 0.173 e. The molecule has 0 amide bonds. The number of carbonyl (C=O) groups excluding carboxylic acids is 1. The van der Waals surface area contributed by atoms with Gasteiger partial charge in [-0.15, -0.1) is 0 Å². The van der Waals surface area contributed by atoms with Gasteiger partial charge in [0.25, 0.3) is 0 Å². The molecule has 1 aliphatic heterocycles. The summed E-state index contributed by atoms with van der Waals surface area (Å²) in [7, 11) is 0. The number of aliphatic hydroxyl groups excluding tert-OH is 2. The lowest BCUT2D eigenvalue weighted by molar-refractivity contribution is -0.115. The minimum Gasteiger partial charge on any atom is -0.394 e. The van der Waals surface area contributed by atoms with Crippen molar-refractivity contribution in [1.29, 1.82) is 5.26 Å². The monoisotopic (exact) mass is 378 g/mol. The summed E-state index contributed by atoms with van der Waals surface area (Å²) < 4.78 is 0. The van der Waals surface area contributed by atoms with E-state index in [1.165, 1.54) is 24.9 Å². The number of anilines is 1. The van der Waals surface area contributed by atoms with Crippen LogP contribution in [0.5, 0.6) is 0 Å². The average Bonchev–Trinajstić information content (AvgIpc) is 2.75. The van der Waals surface area contributed by atoms with Crippen LogP contribution in [0.25, 0.3) is 16.8 Å². The molecule has 0 saturated carbocycles. The van der Waals surface area contributed by atoms with E-state index in [0.717, 1.165) is 29.4 Å². The van der Waals surface area contributed by atoms with Gasteiger partial charge in [0, 0.05) is 30.6 Å². The maximum absolute atomic E-state index is 12.3. The topological polar surface area (TPSA) is 84.6 Å². The Hall–Kier alpha value is -2.68. The van der Waals surface area contributed by atoms with E-state index in [4.69, 9.17) is 5.11 Å². The molecule has 146 valence electrons. The molecule has 5 nitrogen and oxygen atoms in total. The zero-order valence-corrected chi connectivity index (χ0v) is 16.0. The molecule has 1 atom stereocenters. The zero-order chi connectivity index (χ0) is 19.9. The summed E-state index contributed by atoms with van der Waals surface area (Å²) in [5, 5.41) is 29.9. The van der Waals surface area contributed by atoms with E-state index in [-0.39, 0.29) is 30.8 Å². The van der Waals surface area contributed by atoms with Crippen LogP contribution in [0.15, 0.2) is 42.0 Å². The van der Waals surface area contributed by atoms with Gasteiger partial charge in [0.1, 0.15) is 6.07 Å². The molecule has 2 aromatic rings. The van der Waals surface area contributed by atoms with E-state index in [0.29, 0.717) is 0 Å². The fourth-order valence-electron chi connectivity index (χ4n) is 3.64. The number of aliphatic hydroxyl groups is 2. The van der Waals surface area contributed by atoms with Crippen molar-refractivity contribution < 1.29 is 15.0 Å². The summed E-state index contributed by atoms with van der Waals surface area (Å²) in [5.74, 6) is -0.320. The highest BCUT2D eigenvalue weighted by Gasteiger charge is 2.15. The second-order valence-corrected chi connectivity index (χ2v) is 7.27. The molecule has 1 heterocycles. The fraction of sp³-hybridized carbons (Fsp3) is 0.391. The number of fused-ring (bicyclic) bond motifs is 1. The molecule has 1 aliphatic rings. The van der Waals surface area contributed by atoms with Gasteiger partial charge >= 0.3 is 0 Å². The number of benzene rings is 2. The average molecular weight is 378 g/mol. The third-order valence-corrected chi connectivity index (χ3v) is 5.23. The van der Waals surface area contributed by atoms with Gasteiger partial charge in [0.15, 0.2) is 5.78 Å². The molecule has 0 spiro atoms. The quantitative estimate of drug-likeness (QED) is 0.569. The van der Waals surface area contributed by atoms with Gasteiger partial charge in [-0.2, -0.15) is 5.26 Å². The summed E-state index contributed by atoms with van der Waals surface area (Å²) >= 11 is 0. The van der Waals surface area contributed by atoms with Gasteiger partial charge in [0.05, 0.1) is 18.3 Å². The third-order valence-electron chi connectivity index (χ3n) is 5.23. The van der Waals surface area contributed by atoms with Crippen LogP contribution in [0.4, 0.5) is 5.69 Å². The number of Topliss-reactive ketones (excluding diaryl/α,β-unsaturated/α-hetero) is 1. The summed E-state index contributed by atoms with van der Waals surface area (Å²) in [6.07, 6.45) is 4.52. The summed E-state index contributed by atoms with van der Waals surface area (Å²) in [4.78, 5) is 14.7. The minimum atomic E-state index is -0.934. The summed E-state index contributed by atoms with van der Waals surface area (Å²) in [6, 6.07) is 14.2. The first kappa shape index (κ1) is 20.1. The predicted octanol–water partition coefficient (Wildman–Crippen LogP) is 3.44. The maximum atomic E-state index is 12.3. The Kier molecular flexibility index (Phi) is 6.80. The number of rotatable bonds is 7. The van der Waals surface area contributed by atoms with Crippen LogP contribution < -0.4 is 4.90 Å². The maximum Gasteiger partial charge on any atom is 0.173 e. The number of nitrogens with zero attached hydrogens (tertiary/aromatic N) is 2. The first-order chi connectivity index (χ1) is 13.6. The number of hydrogen-bond acceptors (Lipinski definition) is 5. The first-order valence-corrected chi connectivity index (χ1v) is 9.84. The SMILES string of the molecule is N#C/C(=C\c1ccc2cccc(N3CCCCC3)c2c1)C(=O)CCC(O)CO. The second kappa shape index (κ2) is 9.50. The number of allylic oxidation sites excluding steroid dienone is 1. The normalized spacial score (nSPS) is 16.0.